The van der Waals surface area contributed by atoms with Gasteiger partial charge in [-0.2, -0.15) is 0 Å². The second-order valence-corrected chi connectivity index (χ2v) is 7.40. The number of amides is 1. The van der Waals surface area contributed by atoms with E-state index in [1.54, 1.807) is 37.3 Å². The molecule has 0 aromatic heterocycles. The van der Waals surface area contributed by atoms with Gasteiger partial charge in [-0.15, -0.1) is 0 Å². The fraction of sp³-hybridized carbons (Fsp3) is 0.176. The number of rotatable bonds is 5. The van der Waals surface area contributed by atoms with E-state index in [1.807, 2.05) is 0 Å². The van der Waals surface area contributed by atoms with Crippen LogP contribution in [0.1, 0.15) is 31.8 Å². The minimum absolute atomic E-state index is 0.000415. The van der Waals surface area contributed by atoms with Gasteiger partial charge in [-0.3, -0.25) is 4.79 Å². The fourth-order valence-corrected chi connectivity index (χ4v) is 2.69. The van der Waals surface area contributed by atoms with Crippen molar-refractivity contribution < 1.29 is 22.7 Å². The van der Waals surface area contributed by atoms with Crippen LogP contribution in [0.5, 0.6) is 0 Å². The van der Waals surface area contributed by atoms with Crippen LogP contribution in [0.4, 0.5) is 0 Å². The molecule has 0 fully saturated rings. The van der Waals surface area contributed by atoms with E-state index in [2.05, 4.69) is 0 Å². The van der Waals surface area contributed by atoms with Crippen molar-refractivity contribution in [1.82, 2.24) is 0 Å². The van der Waals surface area contributed by atoms with Crippen molar-refractivity contribution in [1.29, 1.82) is 0 Å². The summed E-state index contributed by atoms with van der Waals surface area (Å²) in [6, 6.07) is 10.7. The van der Waals surface area contributed by atoms with E-state index in [0.29, 0.717) is 16.7 Å². The molecule has 0 heterocycles. The molecule has 2 N–H and O–H groups in total. The largest absolute Gasteiger partial charge is 0.457 e. The lowest BCUT2D eigenvalue weighted by molar-refractivity contribution is 0.0471. The van der Waals surface area contributed by atoms with E-state index in [1.165, 1.54) is 12.1 Å². The predicted octanol–water partition coefficient (Wildman–Crippen LogP) is 1.85. The van der Waals surface area contributed by atoms with E-state index >= 15 is 0 Å². The molecule has 0 bridgehead atoms. The molecule has 0 radical (unpaired) electrons. The van der Waals surface area contributed by atoms with Gasteiger partial charge in [-0.25, -0.2) is 13.2 Å². The number of nitrogens with two attached hydrogens (primary N) is 1. The van der Waals surface area contributed by atoms with Crippen LogP contribution >= 0.6 is 0 Å². The molecule has 126 valence electrons. The van der Waals surface area contributed by atoms with Crippen LogP contribution in [0.25, 0.3) is 0 Å². The van der Waals surface area contributed by atoms with Crippen molar-refractivity contribution in [3.05, 3.63) is 64.7 Å². The highest BCUT2D eigenvalue weighted by molar-refractivity contribution is 7.90. The highest BCUT2D eigenvalue weighted by atomic mass is 32.2. The third-order valence-electron chi connectivity index (χ3n) is 3.47. The number of esters is 1. The first-order valence-corrected chi connectivity index (χ1v) is 8.94. The van der Waals surface area contributed by atoms with Crippen LogP contribution in [0, 0.1) is 6.92 Å². The Kier molecular flexibility index (Phi) is 5.04. The fourth-order valence-electron chi connectivity index (χ4n) is 2.04. The number of hydrogen-bond donors (Lipinski definition) is 1. The topological polar surface area (TPSA) is 104 Å². The standard InChI is InChI=1S/C17H17NO5S/c1-11-3-8-14(24(2,21)22)9-15(11)17(20)23-10-12-4-6-13(7-5-12)16(18)19/h3-9H,10H2,1-2H3,(H2,18,19). The van der Waals surface area contributed by atoms with Gasteiger partial charge in [0.05, 0.1) is 10.5 Å². The van der Waals surface area contributed by atoms with Gasteiger partial charge < -0.3 is 10.5 Å². The number of carbonyl (C=O) groups excluding carboxylic acids is 2. The van der Waals surface area contributed by atoms with E-state index in [-0.39, 0.29) is 17.1 Å². The van der Waals surface area contributed by atoms with Crippen molar-refractivity contribution in [3.8, 4) is 0 Å². The zero-order valence-electron chi connectivity index (χ0n) is 13.3. The summed E-state index contributed by atoms with van der Waals surface area (Å²) >= 11 is 0. The van der Waals surface area contributed by atoms with E-state index in [9.17, 15) is 18.0 Å². The molecule has 0 aliphatic rings. The maximum atomic E-state index is 12.2. The molecular weight excluding hydrogens is 330 g/mol. The first kappa shape index (κ1) is 17.7. The average molecular weight is 347 g/mol. The second-order valence-electron chi connectivity index (χ2n) is 5.39. The first-order chi connectivity index (χ1) is 11.2. The molecule has 0 unspecified atom stereocenters. The van der Waals surface area contributed by atoms with Gasteiger partial charge in [-0.05, 0) is 42.3 Å². The molecule has 2 rings (SSSR count). The number of carbonyl (C=O) groups is 2. The van der Waals surface area contributed by atoms with Gasteiger partial charge in [0, 0.05) is 11.8 Å². The number of aryl methyl sites for hydroxylation is 1. The molecule has 0 aliphatic carbocycles. The summed E-state index contributed by atoms with van der Waals surface area (Å²) in [6.07, 6.45) is 1.08. The number of sulfone groups is 1. The summed E-state index contributed by atoms with van der Waals surface area (Å²) in [4.78, 5) is 23.3. The molecule has 0 spiro atoms. The molecule has 2 aromatic rings. The Bertz CT molecular complexity index is 886. The number of ether oxygens (including phenoxy) is 1. The van der Waals surface area contributed by atoms with Crippen LogP contribution in [-0.2, 0) is 21.2 Å². The number of hydrogen-bond acceptors (Lipinski definition) is 5. The highest BCUT2D eigenvalue weighted by Gasteiger charge is 2.15. The maximum absolute atomic E-state index is 12.2. The first-order valence-electron chi connectivity index (χ1n) is 7.05. The monoisotopic (exact) mass is 347 g/mol. The van der Waals surface area contributed by atoms with Crippen LogP contribution in [0.15, 0.2) is 47.4 Å². The van der Waals surface area contributed by atoms with Gasteiger partial charge in [0.1, 0.15) is 6.61 Å². The summed E-state index contributed by atoms with van der Waals surface area (Å²) in [6.45, 7) is 1.70. The maximum Gasteiger partial charge on any atom is 0.338 e. The molecule has 2 aromatic carbocycles. The molecule has 1 amide bonds. The average Bonchev–Trinajstić information content (AvgIpc) is 2.52. The predicted molar refractivity (Wildman–Crippen MR) is 88.4 cm³/mol. The van der Waals surface area contributed by atoms with Crippen molar-refractivity contribution >= 4 is 21.7 Å². The van der Waals surface area contributed by atoms with Gasteiger partial charge in [-0.1, -0.05) is 18.2 Å². The Morgan fingerprint density at radius 2 is 1.71 bits per heavy atom. The molecule has 0 saturated carbocycles. The number of benzene rings is 2. The minimum Gasteiger partial charge on any atom is -0.457 e. The molecule has 0 atom stereocenters. The van der Waals surface area contributed by atoms with Crippen molar-refractivity contribution in [3.63, 3.8) is 0 Å². The molecule has 0 saturated heterocycles. The van der Waals surface area contributed by atoms with Crippen molar-refractivity contribution in [2.45, 2.75) is 18.4 Å². The molecule has 24 heavy (non-hydrogen) atoms. The zero-order chi connectivity index (χ0) is 17.9. The Morgan fingerprint density at radius 1 is 1.08 bits per heavy atom. The molecule has 6 nitrogen and oxygen atoms in total. The Hall–Kier alpha value is -2.67. The normalized spacial score (nSPS) is 11.1. The van der Waals surface area contributed by atoms with Gasteiger partial charge in [0.15, 0.2) is 9.84 Å². The minimum atomic E-state index is -3.41. The Morgan fingerprint density at radius 3 is 2.25 bits per heavy atom. The Labute approximate surface area is 140 Å². The lowest BCUT2D eigenvalue weighted by atomic mass is 10.1. The quantitative estimate of drug-likeness (QED) is 0.831. The summed E-state index contributed by atoms with van der Waals surface area (Å²) < 4.78 is 28.4. The third kappa shape index (κ3) is 4.20. The van der Waals surface area contributed by atoms with Gasteiger partial charge in [0.25, 0.3) is 0 Å². The SMILES string of the molecule is Cc1ccc(S(C)(=O)=O)cc1C(=O)OCc1ccc(C(N)=O)cc1. The lowest BCUT2D eigenvalue weighted by Crippen LogP contribution is -2.11. The lowest BCUT2D eigenvalue weighted by Gasteiger charge is -2.09. The van der Waals surface area contributed by atoms with Crippen LogP contribution < -0.4 is 5.73 Å². The molecule has 7 heteroatoms. The van der Waals surface area contributed by atoms with Crippen LogP contribution in [0.3, 0.4) is 0 Å². The smallest absolute Gasteiger partial charge is 0.338 e. The summed E-state index contributed by atoms with van der Waals surface area (Å²) in [5.74, 6) is -1.15. The Balaban J connectivity index is 2.14. The summed E-state index contributed by atoms with van der Waals surface area (Å²) in [5, 5.41) is 0. The van der Waals surface area contributed by atoms with Gasteiger partial charge >= 0.3 is 5.97 Å². The van der Waals surface area contributed by atoms with Crippen LogP contribution in [-0.4, -0.2) is 26.6 Å². The second kappa shape index (κ2) is 6.84. The number of primary amides is 1. The van der Waals surface area contributed by atoms with E-state index in [0.717, 1.165) is 6.26 Å². The van der Waals surface area contributed by atoms with E-state index < -0.39 is 21.7 Å². The van der Waals surface area contributed by atoms with Crippen molar-refractivity contribution in [2.24, 2.45) is 5.73 Å². The summed E-state index contributed by atoms with van der Waals surface area (Å²) in [7, 11) is -3.41. The third-order valence-corrected chi connectivity index (χ3v) is 4.58. The van der Waals surface area contributed by atoms with Crippen molar-refractivity contribution in [2.75, 3.05) is 6.26 Å². The van der Waals surface area contributed by atoms with Gasteiger partial charge in [0.2, 0.25) is 5.91 Å². The molecular formula is C17H17NO5S. The summed E-state index contributed by atoms with van der Waals surface area (Å²) in [5.41, 5.74) is 7.03. The zero-order valence-corrected chi connectivity index (χ0v) is 14.1. The molecule has 0 aliphatic heterocycles. The van der Waals surface area contributed by atoms with Crippen LogP contribution in [0.2, 0.25) is 0 Å². The highest BCUT2D eigenvalue weighted by Crippen LogP contribution is 2.17. The van der Waals surface area contributed by atoms with E-state index in [4.69, 9.17) is 10.5 Å².